The highest BCUT2D eigenvalue weighted by molar-refractivity contribution is 5.66. The molecular weight excluding hydrogens is 673 g/mol. The second-order valence-electron chi connectivity index (χ2n) is 22.6. The Morgan fingerprint density at radius 3 is 1.28 bits per heavy atom. The molecule has 0 radical (unpaired) electrons. The van der Waals surface area contributed by atoms with Crippen LogP contribution in [-0.2, 0) is 19.1 Å². The first kappa shape index (κ1) is 44.0. The minimum atomic E-state index is -0.116. The molecule has 0 heterocycles. The molecule has 0 aromatic rings. The Balaban J connectivity index is 0.000000139. The monoisotopic (exact) mass is 757 g/mol. The van der Waals surface area contributed by atoms with Crippen LogP contribution in [0.3, 0.4) is 0 Å². The topological polar surface area (TPSA) is 93.1 Å². The van der Waals surface area contributed by atoms with E-state index in [2.05, 4.69) is 55.4 Å². The molecule has 8 fully saturated rings. The lowest BCUT2D eigenvalue weighted by Crippen LogP contribution is -2.33. The highest BCUT2D eigenvalue weighted by atomic mass is 16.5. The van der Waals surface area contributed by atoms with Gasteiger partial charge in [-0.05, 0) is 197 Å². The van der Waals surface area contributed by atoms with Gasteiger partial charge in [-0.2, -0.15) is 0 Å². The smallest absolute Gasteiger partial charge is 0.302 e. The highest BCUT2D eigenvalue weighted by Gasteiger charge is 2.48. The van der Waals surface area contributed by atoms with Gasteiger partial charge in [-0.3, -0.25) is 9.59 Å². The SMILES string of the molecule is CC(=O)OC1CCC2C(CCC2(C)C)C1.CC(=O)OC1CCC2CCC(C)(C)C2C1.CC1(C)CCC2CC(O)CCC21.CC1(C)CCC2CCC(O)CC21. The van der Waals surface area contributed by atoms with E-state index in [-0.39, 0.29) is 36.4 Å². The Bertz CT molecular complexity index is 1240. The number of esters is 2. The van der Waals surface area contributed by atoms with E-state index in [9.17, 15) is 19.8 Å². The lowest BCUT2D eigenvalue weighted by Gasteiger charge is -2.37. The number of hydrogen-bond donors (Lipinski definition) is 2. The molecule has 8 rings (SSSR count). The first-order valence-electron chi connectivity index (χ1n) is 22.9. The molecule has 8 aliphatic carbocycles. The summed E-state index contributed by atoms with van der Waals surface area (Å²) in [5.41, 5.74) is 2.05. The lowest BCUT2D eigenvalue weighted by molar-refractivity contribution is -0.150. The highest BCUT2D eigenvalue weighted by Crippen LogP contribution is 2.56. The van der Waals surface area contributed by atoms with Crippen LogP contribution >= 0.6 is 0 Å². The molecule has 0 saturated heterocycles. The number of carbonyl (C=O) groups is 2. The van der Waals surface area contributed by atoms with Crippen LogP contribution < -0.4 is 0 Å². The van der Waals surface area contributed by atoms with Crippen molar-refractivity contribution in [1.29, 1.82) is 0 Å². The quantitative estimate of drug-likeness (QED) is 0.273. The molecule has 0 bridgehead atoms. The summed E-state index contributed by atoms with van der Waals surface area (Å²) in [4.78, 5) is 21.9. The van der Waals surface area contributed by atoms with Gasteiger partial charge in [0, 0.05) is 13.8 Å². The second-order valence-corrected chi connectivity index (χ2v) is 22.6. The molecule has 6 nitrogen and oxygen atoms in total. The third kappa shape index (κ3) is 11.1. The summed E-state index contributed by atoms with van der Waals surface area (Å²) < 4.78 is 10.7. The van der Waals surface area contributed by atoms with Gasteiger partial charge in [-0.15, -0.1) is 0 Å². The summed E-state index contributed by atoms with van der Waals surface area (Å²) in [6.07, 6.45) is 24.9. The summed E-state index contributed by atoms with van der Waals surface area (Å²) >= 11 is 0. The summed E-state index contributed by atoms with van der Waals surface area (Å²) in [7, 11) is 0. The number of ether oxygens (including phenoxy) is 2. The number of aliphatic hydroxyl groups is 2. The molecule has 0 aromatic carbocycles. The fraction of sp³-hybridized carbons (Fsp3) is 0.958. The van der Waals surface area contributed by atoms with Crippen LogP contribution in [-0.4, -0.2) is 46.6 Å². The predicted octanol–water partition coefficient (Wildman–Crippen LogP) is 11.5. The molecular formula is C48H84O6. The van der Waals surface area contributed by atoms with Crippen LogP contribution in [0.5, 0.6) is 0 Å². The van der Waals surface area contributed by atoms with E-state index in [0.717, 1.165) is 98.7 Å². The molecule has 6 heteroatoms. The predicted molar refractivity (Wildman–Crippen MR) is 219 cm³/mol. The van der Waals surface area contributed by atoms with E-state index in [0.29, 0.717) is 21.7 Å². The molecule has 2 N–H and O–H groups in total. The maximum Gasteiger partial charge on any atom is 0.302 e. The number of aliphatic hydroxyl groups excluding tert-OH is 2. The Labute approximate surface area is 331 Å². The molecule has 8 aliphatic rings. The zero-order valence-electron chi connectivity index (χ0n) is 36.6. The lowest BCUT2D eigenvalue weighted by atomic mass is 9.71. The van der Waals surface area contributed by atoms with Gasteiger partial charge in [0.05, 0.1) is 12.2 Å². The molecule has 0 spiro atoms. The maximum absolute atomic E-state index is 10.9. The Hall–Kier alpha value is -1.14. The minimum Gasteiger partial charge on any atom is -0.463 e. The summed E-state index contributed by atoms with van der Waals surface area (Å²) in [5.74, 6) is 6.59. The Kier molecular flexibility index (Phi) is 14.5. The number of carbonyl (C=O) groups excluding carboxylic acids is 2. The zero-order chi connectivity index (χ0) is 39.6. The third-order valence-corrected chi connectivity index (χ3v) is 17.1. The van der Waals surface area contributed by atoms with Crippen LogP contribution in [0.2, 0.25) is 0 Å². The van der Waals surface area contributed by atoms with Gasteiger partial charge in [0.2, 0.25) is 0 Å². The molecule has 54 heavy (non-hydrogen) atoms. The van der Waals surface area contributed by atoms with Crippen LogP contribution in [0.25, 0.3) is 0 Å². The largest absolute Gasteiger partial charge is 0.463 e. The van der Waals surface area contributed by atoms with Crippen molar-refractivity contribution in [2.75, 3.05) is 0 Å². The zero-order valence-corrected chi connectivity index (χ0v) is 36.6. The van der Waals surface area contributed by atoms with E-state index in [1.807, 2.05) is 0 Å². The minimum absolute atomic E-state index is 0.00336. The van der Waals surface area contributed by atoms with Crippen LogP contribution in [0, 0.1) is 69.0 Å². The standard InChI is InChI=1S/2C13H22O2.2C11H20O/c1-9(14)15-11-4-5-12-10(8-11)6-7-13(12,2)3;1-9(14)15-11-5-4-10-6-7-13(2,3)12(10)8-11;1-11(2)6-5-8-7-9(12)3-4-10(8)11;1-11(2)6-5-8-3-4-9(12)7-10(8)11/h2*10-12H,4-8H2,1-3H3;2*8-10,12H,3-7H2,1-2H3. The Morgan fingerprint density at radius 1 is 0.407 bits per heavy atom. The number of hydrogen-bond acceptors (Lipinski definition) is 6. The van der Waals surface area contributed by atoms with Crippen LogP contribution in [0.15, 0.2) is 0 Å². The van der Waals surface area contributed by atoms with E-state index < -0.39 is 0 Å². The fourth-order valence-electron chi connectivity index (χ4n) is 13.8. The first-order valence-corrected chi connectivity index (χ1v) is 22.9. The van der Waals surface area contributed by atoms with Crippen molar-refractivity contribution in [3.8, 4) is 0 Å². The van der Waals surface area contributed by atoms with E-state index in [1.165, 1.54) is 90.9 Å². The van der Waals surface area contributed by atoms with Crippen molar-refractivity contribution in [3.05, 3.63) is 0 Å². The average molecular weight is 757 g/mol. The van der Waals surface area contributed by atoms with Crippen molar-refractivity contribution in [2.45, 2.75) is 222 Å². The molecule has 0 amide bonds. The van der Waals surface area contributed by atoms with Gasteiger partial charge in [0.1, 0.15) is 12.2 Å². The van der Waals surface area contributed by atoms with Crippen molar-refractivity contribution < 1.29 is 29.3 Å². The Morgan fingerprint density at radius 2 is 0.759 bits per heavy atom. The molecule has 12 atom stereocenters. The van der Waals surface area contributed by atoms with Crippen molar-refractivity contribution in [1.82, 2.24) is 0 Å². The van der Waals surface area contributed by atoms with Gasteiger partial charge >= 0.3 is 11.9 Å². The van der Waals surface area contributed by atoms with E-state index in [1.54, 1.807) is 0 Å². The van der Waals surface area contributed by atoms with Gasteiger partial charge in [-0.25, -0.2) is 0 Å². The van der Waals surface area contributed by atoms with Crippen molar-refractivity contribution in [3.63, 3.8) is 0 Å². The second kappa shape index (κ2) is 17.8. The van der Waals surface area contributed by atoms with Crippen molar-refractivity contribution >= 4 is 11.9 Å². The summed E-state index contributed by atoms with van der Waals surface area (Å²) in [6, 6.07) is 0. The van der Waals surface area contributed by atoms with Crippen molar-refractivity contribution in [2.24, 2.45) is 69.0 Å². The first-order chi connectivity index (χ1) is 25.2. The number of fused-ring (bicyclic) bond motifs is 4. The average Bonchev–Trinajstić information content (AvgIpc) is 3.76. The van der Waals surface area contributed by atoms with E-state index in [4.69, 9.17) is 9.47 Å². The fourth-order valence-corrected chi connectivity index (χ4v) is 13.8. The normalized spacial score (nSPS) is 41.7. The molecule has 0 aromatic heterocycles. The number of rotatable bonds is 2. The molecule has 12 unspecified atom stereocenters. The molecule has 0 aliphatic heterocycles. The third-order valence-electron chi connectivity index (χ3n) is 17.1. The molecule has 312 valence electrons. The maximum atomic E-state index is 10.9. The van der Waals surface area contributed by atoms with Gasteiger partial charge in [-0.1, -0.05) is 55.4 Å². The van der Waals surface area contributed by atoms with Gasteiger partial charge in [0.15, 0.2) is 0 Å². The summed E-state index contributed by atoms with van der Waals surface area (Å²) in [5, 5.41) is 19.1. The van der Waals surface area contributed by atoms with Gasteiger partial charge in [0.25, 0.3) is 0 Å². The van der Waals surface area contributed by atoms with Crippen LogP contribution in [0.4, 0.5) is 0 Å². The van der Waals surface area contributed by atoms with Crippen LogP contribution in [0.1, 0.15) is 198 Å². The molecule has 8 saturated carbocycles. The van der Waals surface area contributed by atoms with E-state index >= 15 is 0 Å². The van der Waals surface area contributed by atoms with Gasteiger partial charge < -0.3 is 19.7 Å². The summed E-state index contributed by atoms with van der Waals surface area (Å²) in [6.45, 7) is 22.1.